The summed E-state index contributed by atoms with van der Waals surface area (Å²) in [5.74, 6) is 0. The third kappa shape index (κ3) is 1.77. The number of para-hydroxylation sites is 1. The Hall–Kier alpha value is -2.19. The minimum absolute atomic E-state index is 0.502. The zero-order valence-electron chi connectivity index (χ0n) is 10.0. The van der Waals surface area contributed by atoms with Gasteiger partial charge in [0.05, 0.1) is 5.52 Å². The van der Waals surface area contributed by atoms with Crippen LogP contribution in [-0.4, -0.2) is 4.98 Å². The molecule has 0 fully saturated rings. The van der Waals surface area contributed by atoms with Crippen LogP contribution in [0, 0.1) is 0 Å². The topological polar surface area (TPSA) is 38.9 Å². The van der Waals surface area contributed by atoms with Crippen LogP contribution >= 0.6 is 0 Å². The summed E-state index contributed by atoms with van der Waals surface area (Å²) in [7, 11) is 0. The monoisotopic (exact) mass is 234 g/mol. The maximum Gasteiger partial charge on any atom is 0.0708 e. The summed E-state index contributed by atoms with van der Waals surface area (Å²) in [4.78, 5) is 4.46. The lowest BCUT2D eigenvalue weighted by Crippen LogP contribution is -2.00. The summed E-state index contributed by atoms with van der Waals surface area (Å²) in [6.07, 6.45) is 1.88. The van der Waals surface area contributed by atoms with Crippen LogP contribution in [0.5, 0.6) is 0 Å². The fourth-order valence-electron chi connectivity index (χ4n) is 2.28. The molecule has 0 bridgehead atoms. The second kappa shape index (κ2) is 4.59. The van der Waals surface area contributed by atoms with E-state index < -0.39 is 0 Å². The van der Waals surface area contributed by atoms with Gasteiger partial charge < -0.3 is 5.73 Å². The van der Waals surface area contributed by atoms with Crippen LogP contribution in [0.15, 0.2) is 60.8 Å². The van der Waals surface area contributed by atoms with E-state index in [4.69, 9.17) is 5.73 Å². The van der Waals surface area contributed by atoms with Gasteiger partial charge in [-0.25, -0.2) is 0 Å². The molecule has 3 aromatic rings. The second-order valence-corrected chi connectivity index (χ2v) is 4.25. The summed E-state index contributed by atoms with van der Waals surface area (Å²) in [6.45, 7) is 0.502. The molecular weight excluding hydrogens is 220 g/mol. The number of aromatic nitrogens is 1. The van der Waals surface area contributed by atoms with Crippen LogP contribution in [0.2, 0.25) is 0 Å². The van der Waals surface area contributed by atoms with E-state index in [0.717, 1.165) is 16.5 Å². The maximum absolute atomic E-state index is 5.84. The van der Waals surface area contributed by atoms with E-state index in [1.165, 1.54) is 11.1 Å². The molecule has 0 aliphatic heterocycles. The predicted molar refractivity (Wildman–Crippen MR) is 75.1 cm³/mol. The van der Waals surface area contributed by atoms with Gasteiger partial charge in [0.1, 0.15) is 0 Å². The maximum atomic E-state index is 5.84. The van der Waals surface area contributed by atoms with Crippen molar-refractivity contribution in [2.75, 3.05) is 0 Å². The lowest BCUT2D eigenvalue weighted by Gasteiger charge is -2.11. The van der Waals surface area contributed by atoms with Gasteiger partial charge in [0.15, 0.2) is 0 Å². The van der Waals surface area contributed by atoms with Crippen molar-refractivity contribution in [3.05, 3.63) is 66.4 Å². The van der Waals surface area contributed by atoms with Gasteiger partial charge in [0.25, 0.3) is 0 Å². The van der Waals surface area contributed by atoms with E-state index in [0.29, 0.717) is 6.54 Å². The van der Waals surface area contributed by atoms with E-state index in [-0.39, 0.29) is 0 Å². The summed E-state index contributed by atoms with van der Waals surface area (Å²) in [5, 5.41) is 1.16. The zero-order valence-corrected chi connectivity index (χ0v) is 10.0. The highest BCUT2D eigenvalue weighted by molar-refractivity contribution is 5.95. The third-order valence-corrected chi connectivity index (χ3v) is 3.14. The third-order valence-electron chi connectivity index (χ3n) is 3.14. The number of rotatable bonds is 2. The molecular formula is C16H14N2. The van der Waals surface area contributed by atoms with E-state index in [9.17, 15) is 0 Å². The van der Waals surface area contributed by atoms with Crippen molar-refractivity contribution >= 4 is 10.9 Å². The molecule has 2 N–H and O–H groups in total. The molecule has 1 heterocycles. The Morgan fingerprint density at radius 3 is 2.39 bits per heavy atom. The highest BCUT2D eigenvalue weighted by Crippen LogP contribution is 2.30. The molecule has 2 nitrogen and oxygen atoms in total. The van der Waals surface area contributed by atoms with Crippen molar-refractivity contribution in [3.8, 4) is 11.1 Å². The van der Waals surface area contributed by atoms with Crippen molar-refractivity contribution in [2.45, 2.75) is 6.54 Å². The van der Waals surface area contributed by atoms with Crippen molar-refractivity contribution < 1.29 is 0 Å². The SMILES string of the molecule is NCc1cnc2ccccc2c1-c1ccccc1. The average Bonchev–Trinajstić information content (AvgIpc) is 2.47. The molecule has 0 amide bonds. The van der Waals surface area contributed by atoms with E-state index >= 15 is 0 Å². The lowest BCUT2D eigenvalue weighted by molar-refractivity contribution is 1.06. The molecule has 0 spiro atoms. The zero-order chi connectivity index (χ0) is 12.4. The molecule has 3 rings (SSSR count). The fourth-order valence-corrected chi connectivity index (χ4v) is 2.28. The largest absolute Gasteiger partial charge is 0.326 e. The van der Waals surface area contributed by atoms with Crippen LogP contribution in [0.1, 0.15) is 5.56 Å². The first kappa shape index (κ1) is 10.9. The Labute approximate surface area is 106 Å². The predicted octanol–water partition coefficient (Wildman–Crippen LogP) is 3.36. The number of pyridine rings is 1. The number of hydrogen-bond donors (Lipinski definition) is 1. The quantitative estimate of drug-likeness (QED) is 0.738. The standard InChI is InChI=1S/C16H14N2/c17-10-13-11-18-15-9-5-4-8-14(15)16(13)12-6-2-1-3-7-12/h1-9,11H,10,17H2. The molecule has 88 valence electrons. The van der Waals surface area contributed by atoms with Gasteiger partial charge in [-0.15, -0.1) is 0 Å². The van der Waals surface area contributed by atoms with Crippen LogP contribution in [-0.2, 0) is 6.54 Å². The second-order valence-electron chi connectivity index (χ2n) is 4.25. The molecule has 18 heavy (non-hydrogen) atoms. The molecule has 0 unspecified atom stereocenters. The van der Waals surface area contributed by atoms with Gasteiger partial charge in [0, 0.05) is 18.1 Å². The van der Waals surface area contributed by atoms with Crippen molar-refractivity contribution in [1.29, 1.82) is 0 Å². The van der Waals surface area contributed by atoms with Crippen LogP contribution < -0.4 is 5.73 Å². The smallest absolute Gasteiger partial charge is 0.0708 e. The van der Waals surface area contributed by atoms with E-state index in [2.05, 4.69) is 23.2 Å². The molecule has 0 aliphatic carbocycles. The molecule has 0 saturated carbocycles. The van der Waals surface area contributed by atoms with Gasteiger partial charge in [-0.05, 0) is 22.8 Å². The lowest BCUT2D eigenvalue weighted by atomic mass is 9.96. The van der Waals surface area contributed by atoms with Gasteiger partial charge in [0.2, 0.25) is 0 Å². The minimum atomic E-state index is 0.502. The summed E-state index contributed by atoms with van der Waals surface area (Å²) in [6, 6.07) is 18.5. The van der Waals surface area contributed by atoms with Gasteiger partial charge >= 0.3 is 0 Å². The number of nitrogens with zero attached hydrogens (tertiary/aromatic N) is 1. The first-order valence-corrected chi connectivity index (χ1v) is 6.02. The summed E-state index contributed by atoms with van der Waals surface area (Å²) < 4.78 is 0. The Bertz CT molecular complexity index is 675. The number of nitrogens with two attached hydrogens (primary N) is 1. The van der Waals surface area contributed by atoms with E-state index in [1.54, 1.807) is 0 Å². The number of benzene rings is 2. The molecule has 0 atom stereocenters. The van der Waals surface area contributed by atoms with Gasteiger partial charge in [-0.1, -0.05) is 48.5 Å². The van der Waals surface area contributed by atoms with Crippen molar-refractivity contribution in [3.63, 3.8) is 0 Å². The van der Waals surface area contributed by atoms with Crippen molar-refractivity contribution in [2.24, 2.45) is 5.73 Å². The highest BCUT2D eigenvalue weighted by Gasteiger charge is 2.09. The van der Waals surface area contributed by atoms with Crippen LogP contribution in [0.25, 0.3) is 22.0 Å². The van der Waals surface area contributed by atoms with E-state index in [1.807, 2.05) is 42.6 Å². The Balaban J connectivity index is 2.38. The Morgan fingerprint density at radius 2 is 1.61 bits per heavy atom. The Kier molecular flexibility index (Phi) is 2.79. The normalized spacial score (nSPS) is 10.7. The van der Waals surface area contributed by atoms with Gasteiger partial charge in [-0.3, -0.25) is 4.98 Å². The molecule has 2 heteroatoms. The van der Waals surface area contributed by atoms with Gasteiger partial charge in [-0.2, -0.15) is 0 Å². The first-order chi connectivity index (χ1) is 8.90. The summed E-state index contributed by atoms with van der Waals surface area (Å²) >= 11 is 0. The minimum Gasteiger partial charge on any atom is -0.326 e. The molecule has 2 aromatic carbocycles. The molecule has 0 radical (unpaired) electrons. The number of fused-ring (bicyclic) bond motifs is 1. The molecule has 1 aromatic heterocycles. The van der Waals surface area contributed by atoms with Crippen LogP contribution in [0.3, 0.4) is 0 Å². The molecule has 0 saturated heterocycles. The van der Waals surface area contributed by atoms with Crippen molar-refractivity contribution in [1.82, 2.24) is 4.98 Å². The average molecular weight is 234 g/mol. The Morgan fingerprint density at radius 1 is 0.889 bits per heavy atom. The summed E-state index contributed by atoms with van der Waals surface area (Å²) in [5.41, 5.74) is 10.3. The fraction of sp³-hybridized carbons (Fsp3) is 0.0625. The van der Waals surface area contributed by atoms with Crippen LogP contribution in [0.4, 0.5) is 0 Å². The first-order valence-electron chi connectivity index (χ1n) is 6.02. The number of hydrogen-bond acceptors (Lipinski definition) is 2. The molecule has 0 aliphatic rings. The highest BCUT2D eigenvalue weighted by atomic mass is 14.7.